The van der Waals surface area contributed by atoms with Crippen LogP contribution in [0, 0.1) is 6.92 Å². The van der Waals surface area contributed by atoms with Crippen LogP contribution in [0.3, 0.4) is 0 Å². The van der Waals surface area contributed by atoms with Crippen LogP contribution >= 0.6 is 0 Å². The molecule has 1 amide bonds. The van der Waals surface area contributed by atoms with Crippen LogP contribution in [-0.2, 0) is 4.79 Å². The summed E-state index contributed by atoms with van der Waals surface area (Å²) in [5.41, 5.74) is 2.87. The predicted molar refractivity (Wildman–Crippen MR) is 127 cm³/mol. The highest BCUT2D eigenvalue weighted by molar-refractivity contribution is 6.06. The molecule has 0 spiro atoms. The summed E-state index contributed by atoms with van der Waals surface area (Å²) in [6.45, 7) is 5.27. The molecule has 4 bridgehead atoms. The molecule has 9 nitrogen and oxygen atoms in total. The van der Waals surface area contributed by atoms with Crippen LogP contribution < -0.4 is 9.64 Å². The number of hydrogen-bond acceptors (Lipinski definition) is 7. The van der Waals surface area contributed by atoms with Crippen LogP contribution in [0.1, 0.15) is 36.8 Å². The number of amides is 1. The highest BCUT2D eigenvalue weighted by Crippen LogP contribution is 2.32. The average molecular weight is 449 g/mol. The standard InChI is InChI=1S/C24H28N6O3/c1-16-13-17-6-7-19(16)33-12-4-2-3-5-20(31)29-8-10-30(11-9-29)23-21-18(14-25-17)24(32)28-22(21)26-15-27-23/h6-7,13-15,32H,2-5,8-12H2,1H3,(H,26,27,28). The third-order valence-corrected chi connectivity index (χ3v) is 6.31. The first kappa shape index (κ1) is 21.2. The molecule has 5 aliphatic heterocycles. The third-order valence-electron chi connectivity index (χ3n) is 6.31. The molecule has 0 aliphatic carbocycles. The van der Waals surface area contributed by atoms with Crippen LogP contribution in [0.2, 0.25) is 0 Å². The van der Waals surface area contributed by atoms with E-state index in [1.807, 2.05) is 30.0 Å². The maximum Gasteiger partial charge on any atom is 0.222 e. The van der Waals surface area contributed by atoms with Crippen molar-refractivity contribution in [1.82, 2.24) is 19.9 Å². The van der Waals surface area contributed by atoms with Crippen LogP contribution in [0.5, 0.6) is 11.6 Å². The van der Waals surface area contributed by atoms with Crippen molar-refractivity contribution in [3.63, 3.8) is 0 Å². The molecular weight excluding hydrogens is 420 g/mol. The normalized spacial score (nSPS) is 17.5. The van der Waals surface area contributed by atoms with Crippen molar-refractivity contribution in [1.29, 1.82) is 0 Å². The second-order valence-electron chi connectivity index (χ2n) is 8.54. The number of benzene rings is 1. The summed E-state index contributed by atoms with van der Waals surface area (Å²) in [5, 5.41) is 11.3. The molecule has 9 heteroatoms. The Balaban J connectivity index is 1.53. The first-order valence-corrected chi connectivity index (χ1v) is 11.5. The van der Waals surface area contributed by atoms with E-state index in [4.69, 9.17) is 4.74 Å². The first-order valence-electron chi connectivity index (χ1n) is 11.5. The molecule has 8 rings (SSSR count). The highest BCUT2D eigenvalue weighted by Gasteiger charge is 2.25. The number of piperazine rings is 1. The monoisotopic (exact) mass is 448 g/mol. The number of aromatic nitrogens is 3. The van der Waals surface area contributed by atoms with Gasteiger partial charge in [0.15, 0.2) is 5.88 Å². The molecule has 5 aliphatic rings. The lowest BCUT2D eigenvalue weighted by molar-refractivity contribution is -0.131. The molecule has 2 N–H and O–H groups in total. The zero-order valence-corrected chi connectivity index (χ0v) is 18.8. The van der Waals surface area contributed by atoms with Gasteiger partial charge in [-0.1, -0.05) is 0 Å². The number of aromatic amines is 1. The largest absolute Gasteiger partial charge is 0.494 e. The molecule has 172 valence electrons. The molecular formula is C24H28N6O3. The number of carbonyl (C=O) groups excluding carboxylic acids is 1. The zero-order chi connectivity index (χ0) is 22.8. The lowest BCUT2D eigenvalue weighted by atomic mass is 10.1. The summed E-state index contributed by atoms with van der Waals surface area (Å²) in [6.07, 6.45) is 6.46. The van der Waals surface area contributed by atoms with E-state index in [1.54, 1.807) is 6.21 Å². The van der Waals surface area contributed by atoms with Crippen LogP contribution in [0.15, 0.2) is 29.5 Å². The number of nitrogens with zero attached hydrogens (tertiary/aromatic N) is 5. The lowest BCUT2D eigenvalue weighted by Crippen LogP contribution is -2.49. The quantitative estimate of drug-likeness (QED) is 0.546. The van der Waals surface area contributed by atoms with Gasteiger partial charge in [0.2, 0.25) is 5.91 Å². The van der Waals surface area contributed by atoms with Crippen molar-refractivity contribution >= 4 is 34.7 Å². The van der Waals surface area contributed by atoms with Crippen molar-refractivity contribution in [3.8, 4) is 11.6 Å². The fraction of sp³-hybridized carbons (Fsp3) is 0.417. The van der Waals surface area contributed by atoms with Gasteiger partial charge in [0.05, 0.1) is 23.2 Å². The number of carbonyl (C=O) groups is 1. The fourth-order valence-electron chi connectivity index (χ4n) is 4.46. The topological polar surface area (TPSA) is 107 Å². The molecule has 2 aromatic heterocycles. The SMILES string of the molecule is Cc1cc2ccc1OCCCCCC(=O)N1CCN(CC1)c1ncnc3[nH]c(O)c(c13)C=N2. The number of ether oxygens (including phenoxy) is 1. The number of anilines is 1. The number of aromatic hydroxyl groups is 1. The van der Waals surface area contributed by atoms with Gasteiger partial charge >= 0.3 is 0 Å². The Bertz CT molecular complexity index is 1200. The number of rotatable bonds is 0. The van der Waals surface area contributed by atoms with Crippen molar-refractivity contribution in [2.24, 2.45) is 4.99 Å². The Labute approximate surface area is 192 Å². The fourth-order valence-corrected chi connectivity index (χ4v) is 4.46. The second kappa shape index (κ2) is 9.09. The third kappa shape index (κ3) is 4.35. The number of aryl methyl sites for hydroxylation is 1. The molecule has 0 saturated carbocycles. The van der Waals surface area contributed by atoms with E-state index in [0.717, 1.165) is 47.5 Å². The Morgan fingerprint density at radius 3 is 2.70 bits per heavy atom. The van der Waals surface area contributed by atoms with E-state index < -0.39 is 0 Å². The van der Waals surface area contributed by atoms with E-state index in [1.165, 1.54) is 6.33 Å². The summed E-state index contributed by atoms with van der Waals surface area (Å²) in [5.74, 6) is 1.78. The second-order valence-corrected chi connectivity index (χ2v) is 8.54. The van der Waals surface area contributed by atoms with Gasteiger partial charge in [0, 0.05) is 38.8 Å². The van der Waals surface area contributed by atoms with Gasteiger partial charge in [-0.2, -0.15) is 0 Å². The van der Waals surface area contributed by atoms with Crippen molar-refractivity contribution in [2.45, 2.75) is 32.6 Å². The Hall–Kier alpha value is -3.62. The van der Waals surface area contributed by atoms with E-state index in [9.17, 15) is 9.90 Å². The molecule has 33 heavy (non-hydrogen) atoms. The predicted octanol–water partition coefficient (Wildman–Crippen LogP) is 3.32. The van der Waals surface area contributed by atoms with E-state index in [2.05, 4.69) is 24.8 Å². The maximum absolute atomic E-state index is 12.7. The van der Waals surface area contributed by atoms with Crippen molar-refractivity contribution in [3.05, 3.63) is 35.7 Å². The van der Waals surface area contributed by atoms with Crippen LogP contribution in [-0.4, -0.2) is 69.9 Å². The first-order chi connectivity index (χ1) is 16.1. The molecule has 1 saturated heterocycles. The van der Waals surface area contributed by atoms with Gasteiger partial charge in [-0.05, 0) is 49.9 Å². The molecule has 0 atom stereocenters. The molecule has 1 fully saturated rings. The summed E-state index contributed by atoms with van der Waals surface area (Å²) in [6, 6.07) is 5.79. The Kier molecular flexibility index (Phi) is 5.85. The van der Waals surface area contributed by atoms with Gasteiger partial charge < -0.3 is 24.6 Å². The van der Waals surface area contributed by atoms with E-state index >= 15 is 0 Å². The minimum Gasteiger partial charge on any atom is -0.494 e. The number of nitrogens with one attached hydrogen (secondary N) is 1. The summed E-state index contributed by atoms with van der Waals surface area (Å²) >= 11 is 0. The Morgan fingerprint density at radius 2 is 1.88 bits per heavy atom. The summed E-state index contributed by atoms with van der Waals surface area (Å²) < 4.78 is 5.93. The number of hydrogen-bond donors (Lipinski definition) is 2. The van der Waals surface area contributed by atoms with Gasteiger partial charge in [-0.3, -0.25) is 9.79 Å². The molecule has 7 heterocycles. The minimum absolute atomic E-state index is 0.00290. The van der Waals surface area contributed by atoms with Gasteiger partial charge in [-0.25, -0.2) is 9.97 Å². The minimum atomic E-state index is 0.00290. The molecule has 0 radical (unpaired) electrons. The van der Waals surface area contributed by atoms with Crippen LogP contribution in [0.25, 0.3) is 11.0 Å². The molecule has 0 unspecified atom stereocenters. The smallest absolute Gasteiger partial charge is 0.222 e. The average Bonchev–Trinajstić information content (AvgIpc) is 3.15. The molecule has 3 aromatic rings. The van der Waals surface area contributed by atoms with Gasteiger partial charge in [0.25, 0.3) is 0 Å². The maximum atomic E-state index is 12.7. The Morgan fingerprint density at radius 1 is 1.06 bits per heavy atom. The zero-order valence-electron chi connectivity index (χ0n) is 18.8. The van der Waals surface area contributed by atoms with Gasteiger partial charge in [0.1, 0.15) is 23.5 Å². The molecule has 1 aromatic carbocycles. The summed E-state index contributed by atoms with van der Waals surface area (Å²) in [7, 11) is 0. The lowest BCUT2D eigenvalue weighted by Gasteiger charge is -2.35. The highest BCUT2D eigenvalue weighted by atomic mass is 16.5. The van der Waals surface area contributed by atoms with Crippen molar-refractivity contribution in [2.75, 3.05) is 37.7 Å². The number of aliphatic imine (C=N–C) groups is 1. The number of H-pyrrole nitrogens is 1. The van der Waals surface area contributed by atoms with Gasteiger partial charge in [-0.15, -0.1) is 0 Å². The summed E-state index contributed by atoms with van der Waals surface area (Å²) in [4.78, 5) is 33.1. The van der Waals surface area contributed by atoms with Crippen LogP contribution in [0.4, 0.5) is 11.5 Å². The van der Waals surface area contributed by atoms with E-state index in [0.29, 0.717) is 50.4 Å². The van der Waals surface area contributed by atoms with E-state index in [-0.39, 0.29) is 11.8 Å². The van der Waals surface area contributed by atoms with Crippen molar-refractivity contribution < 1.29 is 14.6 Å².